The molecule has 1 amide bonds. The van der Waals surface area contributed by atoms with Crippen LogP contribution in [0.25, 0.3) is 0 Å². The Morgan fingerprint density at radius 3 is 2.13 bits per heavy atom. The Kier molecular flexibility index (Phi) is 3.46. The third-order valence-corrected chi connectivity index (χ3v) is 3.59. The van der Waals surface area contributed by atoms with E-state index in [9.17, 15) is 4.79 Å². The number of carboxylic acid groups (broad SMARTS) is 1. The van der Waals surface area contributed by atoms with Crippen molar-refractivity contribution in [1.82, 2.24) is 10.2 Å². The molecule has 0 aromatic rings. The third kappa shape index (κ3) is 2.84. The summed E-state index contributed by atoms with van der Waals surface area (Å²) in [7, 11) is 0. The van der Waals surface area contributed by atoms with E-state index in [1.54, 1.807) is 0 Å². The number of nitrogens with one attached hydrogen (secondary N) is 1. The summed E-state index contributed by atoms with van der Waals surface area (Å²) >= 11 is 0. The highest BCUT2D eigenvalue weighted by molar-refractivity contribution is 5.65. The molecule has 2 rings (SSSR count). The summed E-state index contributed by atoms with van der Waals surface area (Å²) in [5, 5.41) is 12.5. The fourth-order valence-electron chi connectivity index (χ4n) is 2.66. The first-order valence-electron chi connectivity index (χ1n) is 5.99. The molecule has 0 bridgehead atoms. The molecule has 2 fully saturated rings. The number of piperidine rings is 1. The average Bonchev–Trinajstić information content (AvgIpc) is 2.71. The summed E-state index contributed by atoms with van der Waals surface area (Å²) in [6, 6.07) is 1.25. The van der Waals surface area contributed by atoms with Gasteiger partial charge in [-0.2, -0.15) is 0 Å². The van der Waals surface area contributed by atoms with Crippen LogP contribution in [0.2, 0.25) is 0 Å². The molecule has 1 saturated heterocycles. The minimum absolute atomic E-state index is 0.545. The van der Waals surface area contributed by atoms with Crippen molar-refractivity contribution in [2.24, 2.45) is 0 Å². The van der Waals surface area contributed by atoms with E-state index in [1.165, 1.54) is 30.6 Å². The summed E-state index contributed by atoms with van der Waals surface area (Å²) in [6.07, 6.45) is 6.50. The van der Waals surface area contributed by atoms with Gasteiger partial charge >= 0.3 is 6.09 Å². The van der Waals surface area contributed by atoms with Crippen molar-refractivity contribution in [2.75, 3.05) is 13.1 Å². The summed E-state index contributed by atoms with van der Waals surface area (Å²) in [5.74, 6) is 0. The lowest BCUT2D eigenvalue weighted by atomic mass is 10.0. The maximum Gasteiger partial charge on any atom is 0.407 e. The summed E-state index contributed by atoms with van der Waals surface area (Å²) < 4.78 is 0. The number of hydrogen-bond acceptors (Lipinski definition) is 2. The van der Waals surface area contributed by atoms with E-state index in [-0.39, 0.29) is 0 Å². The molecule has 0 unspecified atom stereocenters. The maximum absolute atomic E-state index is 10.7. The summed E-state index contributed by atoms with van der Waals surface area (Å²) in [4.78, 5) is 12.2. The van der Waals surface area contributed by atoms with E-state index in [1.807, 2.05) is 0 Å². The minimum Gasteiger partial charge on any atom is -0.465 e. The zero-order valence-corrected chi connectivity index (χ0v) is 9.11. The van der Waals surface area contributed by atoms with E-state index in [0.29, 0.717) is 25.2 Å². The van der Waals surface area contributed by atoms with Crippen LogP contribution in [-0.4, -0.2) is 41.3 Å². The quantitative estimate of drug-likeness (QED) is 0.732. The highest BCUT2D eigenvalue weighted by atomic mass is 16.4. The third-order valence-electron chi connectivity index (χ3n) is 3.59. The first kappa shape index (κ1) is 10.7. The Morgan fingerprint density at radius 1 is 1.07 bits per heavy atom. The Balaban J connectivity index is 1.71. The Labute approximate surface area is 90.6 Å². The molecule has 1 saturated carbocycles. The minimum atomic E-state index is -0.769. The van der Waals surface area contributed by atoms with Gasteiger partial charge in [0.05, 0.1) is 0 Å². The van der Waals surface area contributed by atoms with Crippen LogP contribution in [0, 0.1) is 0 Å². The molecular weight excluding hydrogens is 192 g/mol. The van der Waals surface area contributed by atoms with E-state index >= 15 is 0 Å². The molecule has 4 heteroatoms. The predicted molar refractivity (Wildman–Crippen MR) is 58.0 cm³/mol. The second-order valence-corrected chi connectivity index (χ2v) is 4.69. The maximum atomic E-state index is 10.7. The van der Waals surface area contributed by atoms with E-state index in [4.69, 9.17) is 5.11 Å². The average molecular weight is 212 g/mol. The molecule has 1 aliphatic carbocycles. The number of rotatable bonds is 2. The van der Waals surface area contributed by atoms with E-state index in [2.05, 4.69) is 5.32 Å². The van der Waals surface area contributed by atoms with Crippen LogP contribution in [-0.2, 0) is 0 Å². The van der Waals surface area contributed by atoms with Crippen molar-refractivity contribution in [1.29, 1.82) is 0 Å². The number of amides is 1. The molecule has 0 spiro atoms. The number of nitrogens with zero attached hydrogens (tertiary/aromatic N) is 1. The fourth-order valence-corrected chi connectivity index (χ4v) is 2.66. The molecule has 2 N–H and O–H groups in total. The van der Waals surface area contributed by atoms with Crippen molar-refractivity contribution in [2.45, 2.75) is 50.6 Å². The molecule has 0 radical (unpaired) electrons. The van der Waals surface area contributed by atoms with Crippen LogP contribution in [0.15, 0.2) is 0 Å². The Hall–Kier alpha value is -0.770. The highest BCUT2D eigenvalue weighted by Gasteiger charge is 2.24. The van der Waals surface area contributed by atoms with Crippen molar-refractivity contribution < 1.29 is 9.90 Å². The number of likely N-dealkylation sites (tertiary alicyclic amines) is 1. The van der Waals surface area contributed by atoms with Gasteiger partial charge in [0.15, 0.2) is 0 Å². The predicted octanol–water partition coefficient (Wildman–Crippen LogP) is 1.66. The molecule has 86 valence electrons. The standard InChI is InChI=1S/C11H20N2O2/c14-11(15)13-7-5-10(6-8-13)12-9-3-1-2-4-9/h9-10,12H,1-8H2,(H,14,15). The lowest BCUT2D eigenvalue weighted by molar-refractivity contribution is 0.127. The van der Waals surface area contributed by atoms with Gasteiger partial charge in [-0.05, 0) is 25.7 Å². The topological polar surface area (TPSA) is 52.6 Å². The first-order chi connectivity index (χ1) is 7.25. The van der Waals surface area contributed by atoms with Crippen LogP contribution >= 0.6 is 0 Å². The number of carbonyl (C=O) groups is 1. The number of hydrogen-bond donors (Lipinski definition) is 2. The van der Waals surface area contributed by atoms with Gasteiger partial charge in [0.1, 0.15) is 0 Å². The summed E-state index contributed by atoms with van der Waals surface area (Å²) in [6.45, 7) is 1.39. The second-order valence-electron chi connectivity index (χ2n) is 4.69. The molecule has 0 aromatic carbocycles. The van der Waals surface area contributed by atoms with Gasteiger partial charge in [-0.15, -0.1) is 0 Å². The molecule has 1 aliphatic heterocycles. The summed E-state index contributed by atoms with van der Waals surface area (Å²) in [5.41, 5.74) is 0. The highest BCUT2D eigenvalue weighted by Crippen LogP contribution is 2.20. The van der Waals surface area contributed by atoms with Gasteiger partial charge in [-0.25, -0.2) is 4.79 Å². The fraction of sp³-hybridized carbons (Fsp3) is 0.909. The molecular formula is C11H20N2O2. The van der Waals surface area contributed by atoms with Crippen LogP contribution < -0.4 is 5.32 Å². The van der Waals surface area contributed by atoms with Gasteiger partial charge in [-0.1, -0.05) is 12.8 Å². The lowest BCUT2D eigenvalue weighted by Crippen LogP contribution is -2.46. The van der Waals surface area contributed by atoms with Crippen LogP contribution in [0.3, 0.4) is 0 Å². The first-order valence-corrected chi connectivity index (χ1v) is 5.99. The Morgan fingerprint density at radius 2 is 1.60 bits per heavy atom. The normalized spacial score (nSPS) is 24.7. The zero-order chi connectivity index (χ0) is 10.7. The van der Waals surface area contributed by atoms with Gasteiger partial charge in [0.25, 0.3) is 0 Å². The molecule has 0 aromatic heterocycles. The largest absolute Gasteiger partial charge is 0.465 e. The van der Waals surface area contributed by atoms with Crippen LogP contribution in [0.1, 0.15) is 38.5 Å². The lowest BCUT2D eigenvalue weighted by Gasteiger charge is -2.32. The van der Waals surface area contributed by atoms with Crippen molar-refractivity contribution in [3.05, 3.63) is 0 Å². The molecule has 1 heterocycles. The second kappa shape index (κ2) is 4.84. The van der Waals surface area contributed by atoms with E-state index in [0.717, 1.165) is 12.8 Å². The van der Waals surface area contributed by atoms with Gasteiger partial charge in [-0.3, -0.25) is 0 Å². The monoisotopic (exact) mass is 212 g/mol. The molecule has 0 atom stereocenters. The molecule has 15 heavy (non-hydrogen) atoms. The SMILES string of the molecule is O=C(O)N1CCC(NC2CCCC2)CC1. The zero-order valence-electron chi connectivity index (χ0n) is 9.11. The molecule has 2 aliphatic rings. The van der Waals surface area contributed by atoms with Crippen LogP contribution in [0.5, 0.6) is 0 Å². The van der Waals surface area contributed by atoms with E-state index < -0.39 is 6.09 Å². The van der Waals surface area contributed by atoms with Crippen molar-refractivity contribution >= 4 is 6.09 Å². The molecule has 4 nitrogen and oxygen atoms in total. The van der Waals surface area contributed by atoms with Gasteiger partial charge < -0.3 is 15.3 Å². The van der Waals surface area contributed by atoms with Crippen molar-refractivity contribution in [3.8, 4) is 0 Å². The van der Waals surface area contributed by atoms with Gasteiger partial charge in [0, 0.05) is 25.2 Å². The van der Waals surface area contributed by atoms with Crippen molar-refractivity contribution in [3.63, 3.8) is 0 Å². The van der Waals surface area contributed by atoms with Gasteiger partial charge in [0.2, 0.25) is 0 Å². The smallest absolute Gasteiger partial charge is 0.407 e. The Bertz CT molecular complexity index is 219. The van der Waals surface area contributed by atoms with Crippen LogP contribution in [0.4, 0.5) is 4.79 Å².